The molecule has 1 atom stereocenters. The van der Waals surface area contributed by atoms with Gasteiger partial charge in [-0.3, -0.25) is 19.1 Å². The lowest BCUT2D eigenvalue weighted by atomic mass is 9.95. The van der Waals surface area contributed by atoms with E-state index in [1.54, 1.807) is 14.0 Å². The number of nitrogens with zero attached hydrogens (tertiary/aromatic N) is 4. The average molecular weight is 453 g/mol. The zero-order chi connectivity index (χ0) is 23.6. The Kier molecular flexibility index (Phi) is 6.51. The van der Waals surface area contributed by atoms with Gasteiger partial charge in [0, 0.05) is 32.7 Å². The number of aromatic nitrogens is 2. The molecule has 2 aliphatic heterocycles. The third-order valence-electron chi connectivity index (χ3n) is 6.71. The molecule has 2 aromatic rings. The molecule has 0 spiro atoms. The van der Waals surface area contributed by atoms with Crippen LogP contribution in [0.25, 0.3) is 0 Å². The van der Waals surface area contributed by atoms with Crippen molar-refractivity contribution in [3.05, 3.63) is 52.8 Å². The van der Waals surface area contributed by atoms with E-state index in [0.717, 1.165) is 30.8 Å². The van der Waals surface area contributed by atoms with Crippen molar-refractivity contribution in [3.63, 3.8) is 0 Å². The Morgan fingerprint density at radius 1 is 1.12 bits per heavy atom. The van der Waals surface area contributed by atoms with Crippen LogP contribution in [0.5, 0.6) is 0 Å². The van der Waals surface area contributed by atoms with Crippen LogP contribution in [0.15, 0.2) is 30.3 Å². The first kappa shape index (κ1) is 23.0. The summed E-state index contributed by atoms with van der Waals surface area (Å²) in [5.41, 5.74) is 1.51. The Bertz CT molecular complexity index is 1040. The minimum atomic E-state index is -1.12. The number of carbonyl (C=O) groups is 3. The number of hydrogen-bond acceptors (Lipinski definition) is 5. The number of carbonyl (C=O) groups excluding carboxylic acids is 3. The van der Waals surface area contributed by atoms with Gasteiger partial charge < -0.3 is 20.4 Å². The molecule has 0 radical (unpaired) electrons. The van der Waals surface area contributed by atoms with Gasteiger partial charge in [-0.15, -0.1) is 0 Å². The minimum Gasteiger partial charge on any atom is -0.350 e. The molecule has 0 unspecified atom stereocenters. The molecule has 33 heavy (non-hydrogen) atoms. The molecule has 4 rings (SSSR count). The highest BCUT2D eigenvalue weighted by molar-refractivity contribution is 6.01. The maximum absolute atomic E-state index is 13.1. The fraction of sp³-hybridized carbons (Fsp3) is 0.500. The number of fused-ring (bicyclic) bond motifs is 1. The highest BCUT2D eigenvalue weighted by Crippen LogP contribution is 2.26. The summed E-state index contributed by atoms with van der Waals surface area (Å²) in [6, 6.07) is 9.43. The molecular weight excluding hydrogens is 420 g/mol. The quantitative estimate of drug-likeness (QED) is 0.657. The average Bonchev–Trinajstić information content (AvgIpc) is 3.47. The summed E-state index contributed by atoms with van der Waals surface area (Å²) >= 11 is 0. The number of aryl methyl sites for hydroxylation is 1. The Hall–Kier alpha value is -3.20. The molecule has 1 saturated heterocycles. The zero-order valence-corrected chi connectivity index (χ0v) is 19.6. The van der Waals surface area contributed by atoms with Gasteiger partial charge in [-0.05, 0) is 45.3 Å². The summed E-state index contributed by atoms with van der Waals surface area (Å²) in [5.74, 6) is -0.911. The maximum atomic E-state index is 13.1. The van der Waals surface area contributed by atoms with E-state index >= 15 is 0 Å². The van der Waals surface area contributed by atoms with Crippen molar-refractivity contribution >= 4 is 17.7 Å². The molecule has 2 N–H and O–H groups in total. The second-order valence-electron chi connectivity index (χ2n) is 9.18. The van der Waals surface area contributed by atoms with Crippen LogP contribution in [0.4, 0.5) is 0 Å². The second-order valence-corrected chi connectivity index (χ2v) is 9.18. The molecule has 176 valence electrons. The summed E-state index contributed by atoms with van der Waals surface area (Å²) in [6.45, 7) is 7.75. The van der Waals surface area contributed by atoms with Gasteiger partial charge in [0.25, 0.3) is 11.8 Å². The second kappa shape index (κ2) is 9.35. The summed E-state index contributed by atoms with van der Waals surface area (Å²) < 4.78 is 1.48. The fourth-order valence-corrected chi connectivity index (χ4v) is 4.34. The largest absolute Gasteiger partial charge is 0.350 e. The minimum absolute atomic E-state index is 0.172. The van der Waals surface area contributed by atoms with Gasteiger partial charge in [0.2, 0.25) is 5.91 Å². The van der Waals surface area contributed by atoms with Crippen molar-refractivity contribution < 1.29 is 14.4 Å². The van der Waals surface area contributed by atoms with E-state index in [9.17, 15) is 14.4 Å². The van der Waals surface area contributed by atoms with Crippen LogP contribution < -0.4 is 10.6 Å². The third kappa shape index (κ3) is 4.78. The zero-order valence-electron chi connectivity index (χ0n) is 19.6. The molecule has 1 fully saturated rings. The number of nitrogens with one attached hydrogen (secondary N) is 2. The molecule has 9 nitrogen and oxygen atoms in total. The standard InChI is InChI=1S/C24H32N6O3/c1-17-6-8-18(9-7-17)15-26-23(33)24(2)16-30-20(22(32)28(24)3)14-19(27-30)21(31)25-10-13-29-11-4-5-12-29/h6-9,14H,4-5,10-13,15-16H2,1-3H3,(H,25,31)(H,26,33)/t24-/m0/s1. The number of rotatable bonds is 7. The Morgan fingerprint density at radius 3 is 2.52 bits per heavy atom. The van der Waals surface area contributed by atoms with Gasteiger partial charge in [0.1, 0.15) is 11.2 Å². The van der Waals surface area contributed by atoms with Crippen molar-refractivity contribution in [3.8, 4) is 0 Å². The topological polar surface area (TPSA) is 99.6 Å². The molecule has 0 saturated carbocycles. The number of likely N-dealkylation sites (tertiary alicyclic amines) is 1. The molecule has 0 aliphatic carbocycles. The monoisotopic (exact) mass is 452 g/mol. The van der Waals surface area contributed by atoms with Crippen LogP contribution >= 0.6 is 0 Å². The van der Waals surface area contributed by atoms with Gasteiger partial charge in [-0.1, -0.05) is 29.8 Å². The van der Waals surface area contributed by atoms with Gasteiger partial charge in [-0.25, -0.2) is 0 Å². The van der Waals surface area contributed by atoms with E-state index in [2.05, 4.69) is 20.6 Å². The number of benzene rings is 1. The number of hydrogen-bond donors (Lipinski definition) is 2. The first-order valence-electron chi connectivity index (χ1n) is 11.5. The van der Waals surface area contributed by atoms with Gasteiger partial charge in [0.15, 0.2) is 5.69 Å². The molecule has 9 heteroatoms. The molecule has 0 bridgehead atoms. The van der Waals surface area contributed by atoms with Crippen LogP contribution in [-0.2, 0) is 17.9 Å². The Morgan fingerprint density at radius 2 is 1.82 bits per heavy atom. The lowest BCUT2D eigenvalue weighted by molar-refractivity contribution is -0.132. The number of likely N-dealkylation sites (N-methyl/N-ethyl adjacent to an activating group) is 1. The third-order valence-corrected chi connectivity index (χ3v) is 6.71. The normalized spacial score (nSPS) is 20.6. The van der Waals surface area contributed by atoms with Gasteiger partial charge in [0.05, 0.1) is 6.54 Å². The summed E-state index contributed by atoms with van der Waals surface area (Å²) in [7, 11) is 1.61. The predicted octanol–water partition coefficient (Wildman–Crippen LogP) is 1.18. The van der Waals surface area contributed by atoms with E-state index in [-0.39, 0.29) is 30.0 Å². The predicted molar refractivity (Wildman–Crippen MR) is 124 cm³/mol. The van der Waals surface area contributed by atoms with E-state index < -0.39 is 5.54 Å². The van der Waals surface area contributed by atoms with Crippen molar-refractivity contribution in [2.24, 2.45) is 0 Å². The summed E-state index contributed by atoms with van der Waals surface area (Å²) in [6.07, 6.45) is 2.41. The van der Waals surface area contributed by atoms with E-state index in [1.165, 1.54) is 28.5 Å². The molecule has 2 aliphatic rings. The van der Waals surface area contributed by atoms with Crippen molar-refractivity contribution in [2.45, 2.75) is 45.3 Å². The van der Waals surface area contributed by atoms with Gasteiger partial charge in [-0.2, -0.15) is 5.10 Å². The van der Waals surface area contributed by atoms with Crippen LogP contribution in [0, 0.1) is 6.92 Å². The lowest BCUT2D eigenvalue weighted by Gasteiger charge is -2.40. The molecule has 1 aromatic carbocycles. The SMILES string of the molecule is Cc1ccc(CNC(=O)[C@]2(C)Cn3nc(C(=O)NCCN4CCCC4)cc3C(=O)N2C)cc1. The Balaban J connectivity index is 1.41. The van der Waals surface area contributed by atoms with E-state index in [0.29, 0.717) is 18.8 Å². The first-order valence-corrected chi connectivity index (χ1v) is 11.5. The maximum Gasteiger partial charge on any atom is 0.272 e. The van der Waals surface area contributed by atoms with Crippen LogP contribution in [-0.4, -0.2) is 76.1 Å². The fourth-order valence-electron chi connectivity index (χ4n) is 4.34. The van der Waals surface area contributed by atoms with Crippen molar-refractivity contribution in [2.75, 3.05) is 33.2 Å². The van der Waals surface area contributed by atoms with Crippen LogP contribution in [0.2, 0.25) is 0 Å². The van der Waals surface area contributed by atoms with Crippen LogP contribution in [0.1, 0.15) is 51.9 Å². The van der Waals surface area contributed by atoms with Crippen LogP contribution in [0.3, 0.4) is 0 Å². The summed E-state index contributed by atoms with van der Waals surface area (Å²) in [4.78, 5) is 42.5. The molecule has 1 aromatic heterocycles. The highest BCUT2D eigenvalue weighted by atomic mass is 16.2. The smallest absolute Gasteiger partial charge is 0.272 e. The lowest BCUT2D eigenvalue weighted by Crippen LogP contribution is -2.62. The summed E-state index contributed by atoms with van der Waals surface area (Å²) in [5, 5.41) is 10.2. The molecule has 3 amide bonds. The number of amides is 3. The Labute approximate surface area is 194 Å². The van der Waals surface area contributed by atoms with E-state index in [4.69, 9.17) is 0 Å². The van der Waals surface area contributed by atoms with Crippen molar-refractivity contribution in [1.82, 2.24) is 30.2 Å². The van der Waals surface area contributed by atoms with Gasteiger partial charge >= 0.3 is 0 Å². The first-order chi connectivity index (χ1) is 15.8. The molecular formula is C24H32N6O3. The molecule has 3 heterocycles. The van der Waals surface area contributed by atoms with Crippen molar-refractivity contribution in [1.29, 1.82) is 0 Å². The highest BCUT2D eigenvalue weighted by Gasteiger charge is 2.46. The van der Waals surface area contributed by atoms with E-state index in [1.807, 2.05) is 31.2 Å².